The zero-order chi connectivity index (χ0) is 19.7. The van der Waals surface area contributed by atoms with Gasteiger partial charge in [-0.15, -0.1) is 0 Å². The number of phosphoric acid groups is 1. The highest BCUT2D eigenvalue weighted by atomic mass is 31.2. The van der Waals surface area contributed by atoms with Crippen LogP contribution in [-0.2, 0) is 9.09 Å². The smallest absolute Gasteiger partial charge is 0.303 e. The average Bonchev–Trinajstić information content (AvgIpc) is 2.62. The van der Waals surface area contributed by atoms with E-state index in [-0.39, 0.29) is 6.61 Å². The first kappa shape index (κ1) is 21.8. The summed E-state index contributed by atoms with van der Waals surface area (Å²) >= 11 is 0. The van der Waals surface area contributed by atoms with Gasteiger partial charge < -0.3 is 9.79 Å². The molecule has 5 heteroatoms. The van der Waals surface area contributed by atoms with E-state index in [1.807, 2.05) is 0 Å². The number of benzene rings is 2. The lowest BCUT2D eigenvalue weighted by molar-refractivity contribution is 0.193. The van der Waals surface area contributed by atoms with Gasteiger partial charge in [-0.3, -0.25) is 4.52 Å². The van der Waals surface area contributed by atoms with Crippen LogP contribution in [0.2, 0.25) is 0 Å². The highest BCUT2D eigenvalue weighted by Gasteiger charge is 2.14. The van der Waals surface area contributed by atoms with Crippen LogP contribution in [0.1, 0.15) is 66.7 Å². The van der Waals surface area contributed by atoms with E-state index in [1.165, 1.54) is 22.3 Å². The third kappa shape index (κ3) is 8.40. The van der Waals surface area contributed by atoms with E-state index in [0.717, 1.165) is 32.1 Å². The van der Waals surface area contributed by atoms with Crippen molar-refractivity contribution in [2.24, 2.45) is 0 Å². The number of unbranched alkanes of at least 4 members (excludes halogenated alkanes) is 4. The predicted octanol–water partition coefficient (Wildman–Crippen LogP) is 5.89. The molecule has 27 heavy (non-hydrogen) atoms. The number of hydrogen-bond acceptors (Lipinski definition) is 2. The van der Waals surface area contributed by atoms with Crippen LogP contribution < -0.4 is 0 Å². The number of rotatable bonds is 11. The number of aryl methyl sites for hydroxylation is 2. The van der Waals surface area contributed by atoms with Crippen LogP contribution in [0.25, 0.3) is 0 Å². The number of phosphoric ester groups is 1. The minimum Gasteiger partial charge on any atom is -0.303 e. The second-order valence-electron chi connectivity index (χ2n) is 7.25. The van der Waals surface area contributed by atoms with Gasteiger partial charge in [-0.1, -0.05) is 85.3 Å². The Labute approximate surface area is 162 Å². The molecule has 0 spiro atoms. The van der Waals surface area contributed by atoms with E-state index in [1.54, 1.807) is 0 Å². The fraction of sp³-hybridized carbons (Fsp3) is 0.455. The SMILES string of the molecule is Cc1ccc(C(CCCCCCCOP(=O)(O)O)c2ccc(C)cc2)cc1. The molecule has 148 valence electrons. The monoisotopic (exact) mass is 390 g/mol. The summed E-state index contributed by atoms with van der Waals surface area (Å²) in [4.78, 5) is 17.3. The molecule has 0 unspecified atom stereocenters. The molecule has 0 aliphatic rings. The lowest BCUT2D eigenvalue weighted by Crippen LogP contribution is -2.02. The average molecular weight is 390 g/mol. The van der Waals surface area contributed by atoms with Crippen LogP contribution in [0.4, 0.5) is 0 Å². The standard InChI is InChI=1S/C22H31O4P/c1-18-9-13-20(14-10-18)22(21-15-11-19(2)12-16-21)8-6-4-3-5-7-17-26-27(23,24)25/h9-16,22H,3-8,17H2,1-2H3,(H2,23,24,25). The molecule has 4 nitrogen and oxygen atoms in total. The molecule has 0 aromatic heterocycles. The Kier molecular flexibility index (Phi) is 8.72. The Morgan fingerprint density at radius 3 is 1.70 bits per heavy atom. The van der Waals surface area contributed by atoms with E-state index < -0.39 is 7.82 Å². The van der Waals surface area contributed by atoms with Crippen molar-refractivity contribution in [3.8, 4) is 0 Å². The van der Waals surface area contributed by atoms with Gasteiger partial charge in [-0.25, -0.2) is 4.57 Å². The Morgan fingerprint density at radius 1 is 0.778 bits per heavy atom. The summed E-state index contributed by atoms with van der Waals surface area (Å²) in [6, 6.07) is 17.7. The maximum absolute atomic E-state index is 10.6. The maximum atomic E-state index is 10.6. The molecule has 2 N–H and O–H groups in total. The minimum atomic E-state index is -4.32. The van der Waals surface area contributed by atoms with Gasteiger partial charge >= 0.3 is 7.82 Å². The maximum Gasteiger partial charge on any atom is 0.469 e. The second kappa shape index (κ2) is 10.8. The molecule has 0 amide bonds. The molecular weight excluding hydrogens is 359 g/mol. The van der Waals surface area contributed by atoms with Gasteiger partial charge in [0.1, 0.15) is 0 Å². The summed E-state index contributed by atoms with van der Waals surface area (Å²) in [7, 11) is -4.32. The van der Waals surface area contributed by atoms with Gasteiger partial charge in [0.15, 0.2) is 0 Å². The van der Waals surface area contributed by atoms with Crippen molar-refractivity contribution in [3.63, 3.8) is 0 Å². The summed E-state index contributed by atoms with van der Waals surface area (Å²) in [5, 5.41) is 0. The minimum absolute atomic E-state index is 0.125. The molecular formula is C22H31O4P. The van der Waals surface area contributed by atoms with Crippen LogP contribution in [0.3, 0.4) is 0 Å². The molecule has 0 heterocycles. The lowest BCUT2D eigenvalue weighted by Gasteiger charge is -2.19. The van der Waals surface area contributed by atoms with E-state index in [4.69, 9.17) is 9.79 Å². The summed E-state index contributed by atoms with van der Waals surface area (Å²) in [6.07, 6.45) is 6.02. The van der Waals surface area contributed by atoms with Crippen LogP contribution in [0.15, 0.2) is 48.5 Å². The summed E-state index contributed by atoms with van der Waals surface area (Å²) in [5.41, 5.74) is 5.27. The second-order valence-corrected chi connectivity index (χ2v) is 8.49. The lowest BCUT2D eigenvalue weighted by atomic mass is 9.86. The van der Waals surface area contributed by atoms with Crippen molar-refractivity contribution >= 4 is 7.82 Å². The zero-order valence-corrected chi connectivity index (χ0v) is 17.2. The van der Waals surface area contributed by atoms with Crippen molar-refractivity contribution in [1.82, 2.24) is 0 Å². The van der Waals surface area contributed by atoms with Crippen LogP contribution in [0.5, 0.6) is 0 Å². The fourth-order valence-corrected chi connectivity index (χ4v) is 3.65. The van der Waals surface area contributed by atoms with E-state index in [9.17, 15) is 4.57 Å². The van der Waals surface area contributed by atoms with Gasteiger partial charge in [-0.2, -0.15) is 0 Å². The van der Waals surface area contributed by atoms with E-state index in [0.29, 0.717) is 12.3 Å². The summed E-state index contributed by atoms with van der Waals surface area (Å²) < 4.78 is 15.1. The Balaban J connectivity index is 1.83. The van der Waals surface area contributed by atoms with Crippen LogP contribution >= 0.6 is 7.82 Å². The van der Waals surface area contributed by atoms with Gasteiger partial charge in [0, 0.05) is 5.92 Å². The zero-order valence-electron chi connectivity index (χ0n) is 16.3. The van der Waals surface area contributed by atoms with Crippen molar-refractivity contribution < 1.29 is 18.9 Å². The van der Waals surface area contributed by atoms with Gasteiger partial charge in [0.2, 0.25) is 0 Å². The summed E-state index contributed by atoms with van der Waals surface area (Å²) in [5.74, 6) is 0.407. The molecule has 0 fully saturated rings. The molecule has 0 atom stereocenters. The first-order valence-electron chi connectivity index (χ1n) is 9.68. The van der Waals surface area contributed by atoms with Gasteiger partial charge in [-0.05, 0) is 37.8 Å². The number of hydrogen-bond donors (Lipinski definition) is 2. The topological polar surface area (TPSA) is 66.8 Å². The molecule has 0 radical (unpaired) electrons. The quantitative estimate of drug-likeness (QED) is 0.371. The highest BCUT2D eigenvalue weighted by Crippen LogP contribution is 2.36. The van der Waals surface area contributed by atoms with Crippen LogP contribution in [0, 0.1) is 13.8 Å². The van der Waals surface area contributed by atoms with E-state index in [2.05, 4.69) is 66.9 Å². The molecule has 2 aromatic rings. The third-order valence-electron chi connectivity index (χ3n) is 4.86. The predicted molar refractivity (Wildman–Crippen MR) is 110 cm³/mol. The molecule has 0 aliphatic heterocycles. The molecule has 0 aliphatic carbocycles. The Hall–Kier alpha value is -1.45. The molecule has 0 bridgehead atoms. The van der Waals surface area contributed by atoms with Crippen molar-refractivity contribution in [3.05, 3.63) is 70.8 Å². The van der Waals surface area contributed by atoms with E-state index >= 15 is 0 Å². The van der Waals surface area contributed by atoms with Crippen molar-refractivity contribution in [1.29, 1.82) is 0 Å². The highest BCUT2D eigenvalue weighted by molar-refractivity contribution is 7.46. The normalized spacial score (nSPS) is 11.9. The largest absolute Gasteiger partial charge is 0.469 e. The molecule has 0 saturated heterocycles. The Morgan fingerprint density at radius 2 is 1.22 bits per heavy atom. The molecule has 0 saturated carbocycles. The van der Waals surface area contributed by atoms with Crippen molar-refractivity contribution in [2.75, 3.05) is 6.61 Å². The third-order valence-corrected chi connectivity index (χ3v) is 5.37. The fourth-order valence-electron chi connectivity index (χ4n) is 3.29. The first-order chi connectivity index (χ1) is 12.8. The molecule has 2 aromatic carbocycles. The van der Waals surface area contributed by atoms with Gasteiger partial charge in [0.25, 0.3) is 0 Å². The van der Waals surface area contributed by atoms with Crippen molar-refractivity contribution in [2.45, 2.75) is 58.3 Å². The summed E-state index contributed by atoms with van der Waals surface area (Å²) in [6.45, 7) is 4.35. The molecule has 2 rings (SSSR count). The van der Waals surface area contributed by atoms with Crippen LogP contribution in [-0.4, -0.2) is 16.4 Å². The van der Waals surface area contributed by atoms with Gasteiger partial charge in [0.05, 0.1) is 6.61 Å². The first-order valence-corrected chi connectivity index (χ1v) is 11.2. The Bertz CT molecular complexity index is 673.